The lowest BCUT2D eigenvalue weighted by Crippen LogP contribution is -2.16. The molecule has 3 aromatic heterocycles. The Morgan fingerprint density at radius 2 is 2.00 bits per heavy atom. The summed E-state index contributed by atoms with van der Waals surface area (Å²) in [4.78, 5) is 4.47. The molecule has 0 amide bonds. The van der Waals surface area contributed by atoms with Crippen LogP contribution in [-0.4, -0.2) is 24.5 Å². The van der Waals surface area contributed by atoms with Crippen LogP contribution in [0.5, 0.6) is 5.75 Å². The first-order chi connectivity index (χ1) is 16.7. The predicted molar refractivity (Wildman–Crippen MR) is 133 cm³/mol. The van der Waals surface area contributed by atoms with Crippen molar-refractivity contribution in [3.63, 3.8) is 0 Å². The Kier molecular flexibility index (Phi) is 4.62. The van der Waals surface area contributed by atoms with Crippen LogP contribution in [0.15, 0.2) is 36.7 Å². The lowest BCUT2D eigenvalue weighted by molar-refractivity contribution is 0.227. The van der Waals surface area contributed by atoms with Crippen molar-refractivity contribution in [3.05, 3.63) is 64.9 Å². The van der Waals surface area contributed by atoms with Gasteiger partial charge in [-0.05, 0) is 44.5 Å². The van der Waals surface area contributed by atoms with Gasteiger partial charge >= 0.3 is 0 Å². The van der Waals surface area contributed by atoms with Crippen LogP contribution >= 0.6 is 0 Å². The van der Waals surface area contributed by atoms with Crippen LogP contribution in [0.2, 0.25) is 0 Å². The number of nitrogens with two attached hydrogens (primary N) is 1. The number of aryl methyl sites for hydroxylation is 2. The second-order valence-corrected chi connectivity index (χ2v) is 10.3. The van der Waals surface area contributed by atoms with Crippen molar-refractivity contribution in [1.82, 2.24) is 24.5 Å². The van der Waals surface area contributed by atoms with E-state index in [2.05, 4.69) is 36.6 Å². The number of hydrogen-bond acceptors (Lipinski definition) is 5. The van der Waals surface area contributed by atoms with Crippen molar-refractivity contribution < 1.29 is 9.13 Å². The standard InChI is InChI=1S/C27H29FN6O/c1-6-34-24-15-9-21(26(29)30-12-15)35-14(2)18-10-16(28)7-8-17(18)23-20(13-33(5)31-23)19-11-27(3,4)25(32-34)22(19)24/h7-10,12-14,19H,6,11H2,1-5H3,(H2,29,30)/t14-,19-/m1/s1. The molecule has 0 fully saturated rings. The molecule has 4 aromatic rings. The molecule has 1 aliphatic carbocycles. The molecule has 8 heteroatoms. The fourth-order valence-corrected chi connectivity index (χ4v) is 5.80. The predicted octanol–water partition coefficient (Wildman–Crippen LogP) is 5.35. The Morgan fingerprint density at radius 1 is 1.20 bits per heavy atom. The van der Waals surface area contributed by atoms with E-state index in [0.29, 0.717) is 11.6 Å². The fourth-order valence-electron chi connectivity index (χ4n) is 5.80. The molecule has 0 spiro atoms. The Morgan fingerprint density at radius 3 is 2.77 bits per heavy atom. The first-order valence-electron chi connectivity index (χ1n) is 12.0. The molecule has 0 saturated carbocycles. The summed E-state index contributed by atoms with van der Waals surface area (Å²) in [5.41, 5.74) is 13.9. The maximum atomic E-state index is 14.5. The van der Waals surface area contributed by atoms with Gasteiger partial charge in [0.15, 0.2) is 11.6 Å². The summed E-state index contributed by atoms with van der Waals surface area (Å²) in [6, 6.07) is 6.76. The van der Waals surface area contributed by atoms with Crippen molar-refractivity contribution in [1.29, 1.82) is 0 Å². The van der Waals surface area contributed by atoms with E-state index in [1.54, 1.807) is 12.3 Å². The van der Waals surface area contributed by atoms with Gasteiger partial charge in [0.25, 0.3) is 0 Å². The summed E-state index contributed by atoms with van der Waals surface area (Å²) >= 11 is 0. The second kappa shape index (κ2) is 7.41. The highest BCUT2D eigenvalue weighted by Crippen LogP contribution is 2.54. The van der Waals surface area contributed by atoms with Crippen molar-refractivity contribution in [2.45, 2.75) is 58.1 Å². The zero-order chi connectivity index (χ0) is 24.6. The smallest absolute Gasteiger partial charge is 0.166 e. The minimum atomic E-state index is -0.472. The molecule has 0 unspecified atom stereocenters. The molecule has 1 aliphatic heterocycles. The van der Waals surface area contributed by atoms with Gasteiger partial charge in [-0.25, -0.2) is 9.37 Å². The topological polar surface area (TPSA) is 83.8 Å². The third kappa shape index (κ3) is 3.19. The van der Waals surface area contributed by atoms with Gasteiger partial charge in [0.05, 0.1) is 17.1 Å². The molecule has 2 aliphatic rings. The van der Waals surface area contributed by atoms with Crippen LogP contribution in [0.1, 0.15) is 68.5 Å². The number of rotatable bonds is 1. The SMILES string of the molecule is CCn1nc2c3c1-c1cnc(N)c(c1)O[C@H](C)c1cc(F)ccc1-c1nn(C)cc1[C@H]3CC2(C)C. The van der Waals surface area contributed by atoms with Gasteiger partial charge in [0.2, 0.25) is 0 Å². The summed E-state index contributed by atoms with van der Waals surface area (Å²) < 4.78 is 24.7. The maximum Gasteiger partial charge on any atom is 0.166 e. The molecular weight excluding hydrogens is 443 g/mol. The molecule has 2 bridgehead atoms. The van der Waals surface area contributed by atoms with Crippen LogP contribution < -0.4 is 10.5 Å². The van der Waals surface area contributed by atoms with Gasteiger partial charge < -0.3 is 10.5 Å². The molecule has 35 heavy (non-hydrogen) atoms. The molecule has 7 nitrogen and oxygen atoms in total. The number of nitrogen functional groups attached to an aromatic ring is 1. The van der Waals surface area contributed by atoms with Crippen LogP contribution in [0, 0.1) is 5.82 Å². The number of halogens is 1. The highest BCUT2D eigenvalue weighted by molar-refractivity contribution is 5.75. The molecule has 1 aromatic carbocycles. The number of hydrogen-bond donors (Lipinski definition) is 1. The first kappa shape index (κ1) is 21.8. The van der Waals surface area contributed by atoms with Crippen LogP contribution in [0.4, 0.5) is 10.2 Å². The summed E-state index contributed by atoms with van der Waals surface area (Å²) in [6.45, 7) is 9.22. The highest BCUT2D eigenvalue weighted by atomic mass is 19.1. The maximum absolute atomic E-state index is 14.5. The third-order valence-electron chi connectivity index (χ3n) is 7.39. The van der Waals surface area contributed by atoms with Gasteiger partial charge in [-0.1, -0.05) is 13.8 Å². The number of fused-ring (bicyclic) bond motifs is 7. The molecule has 2 N–H and O–H groups in total. The van der Waals surface area contributed by atoms with E-state index in [4.69, 9.17) is 20.7 Å². The molecule has 0 saturated heterocycles. The summed E-state index contributed by atoms with van der Waals surface area (Å²) in [7, 11) is 1.93. The molecular formula is C27H29FN6O. The largest absolute Gasteiger partial charge is 0.482 e. The lowest BCUT2D eigenvalue weighted by atomic mass is 9.84. The van der Waals surface area contributed by atoms with Crippen LogP contribution in [0.3, 0.4) is 0 Å². The number of benzene rings is 1. The number of pyridine rings is 1. The number of anilines is 1. The molecule has 6 rings (SSSR count). The van der Waals surface area contributed by atoms with Gasteiger partial charge in [-0.15, -0.1) is 0 Å². The Balaban J connectivity index is 1.73. The normalized spacial score (nSPS) is 19.7. The van der Waals surface area contributed by atoms with E-state index >= 15 is 0 Å². The van der Waals surface area contributed by atoms with Gasteiger partial charge in [0.1, 0.15) is 11.9 Å². The quantitative estimate of drug-likeness (QED) is 0.404. The van der Waals surface area contributed by atoms with Gasteiger partial charge in [-0.2, -0.15) is 10.2 Å². The van der Waals surface area contributed by atoms with E-state index in [-0.39, 0.29) is 17.2 Å². The zero-order valence-corrected chi connectivity index (χ0v) is 20.6. The fraction of sp³-hybridized carbons (Fsp3) is 0.370. The second-order valence-electron chi connectivity index (χ2n) is 10.3. The Labute approximate surface area is 203 Å². The summed E-state index contributed by atoms with van der Waals surface area (Å²) in [5, 5.41) is 9.96. The van der Waals surface area contributed by atoms with Crippen molar-refractivity contribution in [3.8, 4) is 28.3 Å². The number of nitrogens with zero attached hydrogens (tertiary/aromatic N) is 5. The third-order valence-corrected chi connectivity index (χ3v) is 7.39. The van der Waals surface area contributed by atoms with E-state index in [9.17, 15) is 4.39 Å². The van der Waals surface area contributed by atoms with Crippen LogP contribution in [0.25, 0.3) is 22.5 Å². The highest BCUT2D eigenvalue weighted by Gasteiger charge is 2.45. The molecule has 180 valence electrons. The first-order valence-corrected chi connectivity index (χ1v) is 12.0. The number of aromatic nitrogens is 5. The lowest BCUT2D eigenvalue weighted by Gasteiger charge is -2.23. The monoisotopic (exact) mass is 472 g/mol. The minimum Gasteiger partial charge on any atom is -0.482 e. The minimum absolute atomic E-state index is 0.0774. The Hall–Kier alpha value is -3.68. The van der Waals surface area contributed by atoms with Crippen molar-refractivity contribution in [2.24, 2.45) is 7.05 Å². The van der Waals surface area contributed by atoms with E-state index in [1.807, 2.05) is 24.7 Å². The van der Waals surface area contributed by atoms with Gasteiger partial charge in [-0.3, -0.25) is 9.36 Å². The average Bonchev–Trinajstić information content (AvgIpc) is 3.46. The average molecular weight is 473 g/mol. The van der Waals surface area contributed by atoms with Crippen LogP contribution in [-0.2, 0) is 19.0 Å². The summed E-state index contributed by atoms with van der Waals surface area (Å²) in [5.74, 6) is 0.525. The molecule has 2 atom stereocenters. The Bertz CT molecular complexity index is 1480. The number of ether oxygens (including phenoxy) is 1. The molecule has 0 radical (unpaired) electrons. The van der Waals surface area contributed by atoms with E-state index in [0.717, 1.165) is 52.3 Å². The van der Waals surface area contributed by atoms with E-state index < -0.39 is 6.10 Å². The van der Waals surface area contributed by atoms with E-state index in [1.165, 1.54) is 17.7 Å². The summed E-state index contributed by atoms with van der Waals surface area (Å²) in [6.07, 6.45) is 4.32. The van der Waals surface area contributed by atoms with Crippen molar-refractivity contribution >= 4 is 5.82 Å². The van der Waals surface area contributed by atoms with Gasteiger partial charge in [0, 0.05) is 65.1 Å². The van der Waals surface area contributed by atoms with Crippen molar-refractivity contribution in [2.75, 3.05) is 5.73 Å². The molecule has 4 heterocycles. The zero-order valence-electron chi connectivity index (χ0n) is 20.6.